The number of hydrogen-bond donors (Lipinski definition) is 2. The van der Waals surface area contributed by atoms with Crippen LogP contribution in [0.1, 0.15) is 28.4 Å². The Kier molecular flexibility index (Phi) is 4.95. The van der Waals surface area contributed by atoms with Crippen molar-refractivity contribution >= 4 is 5.91 Å². The average molecular weight is 285 g/mol. The highest BCUT2D eigenvalue weighted by Gasteiger charge is 2.22. The van der Waals surface area contributed by atoms with E-state index >= 15 is 0 Å². The molecule has 110 valence electrons. The first-order valence-electron chi connectivity index (χ1n) is 6.85. The number of aliphatic hydroxyl groups is 1. The van der Waals surface area contributed by atoms with E-state index in [1.807, 2.05) is 30.3 Å². The van der Waals surface area contributed by atoms with E-state index in [4.69, 9.17) is 0 Å². The summed E-state index contributed by atoms with van der Waals surface area (Å²) in [5, 5.41) is 18.8. The molecule has 0 unspecified atom stereocenters. The number of phenols is 1. The number of carbonyl (C=O) groups is 1. The molecule has 4 heteroatoms. The van der Waals surface area contributed by atoms with Gasteiger partial charge in [-0.15, -0.1) is 0 Å². The maximum absolute atomic E-state index is 12.5. The van der Waals surface area contributed by atoms with Crippen molar-refractivity contribution in [2.24, 2.45) is 0 Å². The zero-order valence-corrected chi connectivity index (χ0v) is 11.9. The van der Waals surface area contributed by atoms with Gasteiger partial charge in [-0.05, 0) is 30.2 Å². The van der Waals surface area contributed by atoms with E-state index in [1.54, 1.807) is 24.1 Å². The topological polar surface area (TPSA) is 60.8 Å². The summed E-state index contributed by atoms with van der Waals surface area (Å²) in [6, 6.07) is 15.7. The van der Waals surface area contributed by atoms with Crippen LogP contribution in [0.25, 0.3) is 0 Å². The summed E-state index contributed by atoms with van der Waals surface area (Å²) in [5.41, 5.74) is 1.40. The summed E-state index contributed by atoms with van der Waals surface area (Å²) in [5.74, 6) is -0.124. The minimum Gasteiger partial charge on any atom is -0.508 e. The Balaban J connectivity index is 2.26. The number of hydrogen-bond acceptors (Lipinski definition) is 3. The lowest BCUT2D eigenvalue weighted by Crippen LogP contribution is -2.31. The lowest BCUT2D eigenvalue weighted by Gasteiger charge is -2.28. The molecular formula is C17H19NO3. The number of aliphatic hydroxyl groups excluding tert-OH is 1. The van der Waals surface area contributed by atoms with Gasteiger partial charge in [0, 0.05) is 19.2 Å². The Labute approximate surface area is 124 Å². The van der Waals surface area contributed by atoms with Gasteiger partial charge in [0.25, 0.3) is 5.91 Å². The first-order valence-corrected chi connectivity index (χ1v) is 6.85. The van der Waals surface area contributed by atoms with Gasteiger partial charge in [0.1, 0.15) is 5.75 Å². The molecule has 0 bridgehead atoms. The highest BCUT2D eigenvalue weighted by Crippen LogP contribution is 2.25. The van der Waals surface area contributed by atoms with Gasteiger partial charge in [-0.2, -0.15) is 0 Å². The number of benzene rings is 2. The van der Waals surface area contributed by atoms with Crippen molar-refractivity contribution in [2.45, 2.75) is 12.5 Å². The number of amides is 1. The highest BCUT2D eigenvalue weighted by atomic mass is 16.3. The van der Waals surface area contributed by atoms with Gasteiger partial charge >= 0.3 is 0 Å². The molecule has 1 atom stereocenters. The molecular weight excluding hydrogens is 266 g/mol. The molecule has 0 aliphatic heterocycles. The van der Waals surface area contributed by atoms with Crippen molar-refractivity contribution in [1.82, 2.24) is 4.90 Å². The van der Waals surface area contributed by atoms with Crippen molar-refractivity contribution in [1.29, 1.82) is 0 Å². The molecule has 0 heterocycles. The van der Waals surface area contributed by atoms with Crippen LogP contribution in [-0.4, -0.2) is 34.7 Å². The molecule has 2 N–H and O–H groups in total. The third-order valence-corrected chi connectivity index (χ3v) is 3.47. The zero-order valence-electron chi connectivity index (χ0n) is 11.9. The smallest absolute Gasteiger partial charge is 0.254 e. The van der Waals surface area contributed by atoms with Gasteiger partial charge in [0.2, 0.25) is 0 Å². The Morgan fingerprint density at radius 2 is 1.86 bits per heavy atom. The van der Waals surface area contributed by atoms with E-state index in [0.29, 0.717) is 12.0 Å². The van der Waals surface area contributed by atoms with Crippen LogP contribution in [0.15, 0.2) is 54.6 Å². The largest absolute Gasteiger partial charge is 0.508 e. The second kappa shape index (κ2) is 6.90. The van der Waals surface area contributed by atoms with E-state index in [9.17, 15) is 15.0 Å². The van der Waals surface area contributed by atoms with Crippen molar-refractivity contribution in [3.63, 3.8) is 0 Å². The second-order valence-electron chi connectivity index (χ2n) is 4.91. The van der Waals surface area contributed by atoms with Crippen molar-refractivity contribution in [3.8, 4) is 5.75 Å². The van der Waals surface area contributed by atoms with Crippen LogP contribution in [0.2, 0.25) is 0 Å². The SMILES string of the molecule is CN(C(=O)c1cccc(O)c1)[C@@H](CCO)c1ccccc1. The minimum atomic E-state index is -0.203. The van der Waals surface area contributed by atoms with Crippen LogP contribution < -0.4 is 0 Å². The number of nitrogens with zero attached hydrogens (tertiary/aromatic N) is 1. The Bertz CT molecular complexity index is 598. The third-order valence-electron chi connectivity index (χ3n) is 3.47. The number of aromatic hydroxyl groups is 1. The molecule has 1 amide bonds. The van der Waals surface area contributed by atoms with Crippen LogP contribution in [-0.2, 0) is 0 Å². The standard InChI is InChI=1S/C17H19NO3/c1-18(17(21)14-8-5-9-15(20)12-14)16(10-11-19)13-6-3-2-4-7-13/h2-9,12,16,19-20H,10-11H2,1H3/t16-/m0/s1. The molecule has 2 rings (SSSR count). The average Bonchev–Trinajstić information content (AvgIpc) is 2.52. The second-order valence-corrected chi connectivity index (χ2v) is 4.91. The minimum absolute atomic E-state index is 0.00276. The van der Waals surface area contributed by atoms with Gasteiger partial charge in [-0.1, -0.05) is 36.4 Å². The summed E-state index contributed by atoms with van der Waals surface area (Å²) < 4.78 is 0. The van der Waals surface area contributed by atoms with Crippen LogP contribution >= 0.6 is 0 Å². The summed E-state index contributed by atoms with van der Waals surface area (Å²) in [6.45, 7) is -0.00276. The molecule has 0 spiro atoms. The van der Waals surface area contributed by atoms with Crippen LogP contribution in [0.3, 0.4) is 0 Å². The first-order chi connectivity index (χ1) is 10.1. The van der Waals surface area contributed by atoms with Crippen molar-refractivity contribution in [3.05, 3.63) is 65.7 Å². The van der Waals surface area contributed by atoms with Crippen molar-refractivity contribution in [2.75, 3.05) is 13.7 Å². The molecule has 0 saturated carbocycles. The Morgan fingerprint density at radius 1 is 1.14 bits per heavy atom. The van der Waals surface area contributed by atoms with E-state index in [-0.39, 0.29) is 24.3 Å². The molecule has 2 aromatic carbocycles. The van der Waals surface area contributed by atoms with E-state index < -0.39 is 0 Å². The van der Waals surface area contributed by atoms with Gasteiger partial charge in [-0.25, -0.2) is 0 Å². The molecule has 4 nitrogen and oxygen atoms in total. The number of rotatable bonds is 5. The molecule has 0 aliphatic rings. The fourth-order valence-electron chi connectivity index (χ4n) is 2.37. The monoisotopic (exact) mass is 285 g/mol. The number of carbonyl (C=O) groups excluding carboxylic acids is 1. The van der Waals surface area contributed by atoms with E-state index in [0.717, 1.165) is 5.56 Å². The number of phenolic OH excluding ortho intramolecular Hbond substituents is 1. The molecule has 0 radical (unpaired) electrons. The molecule has 0 saturated heterocycles. The fourth-order valence-corrected chi connectivity index (χ4v) is 2.37. The highest BCUT2D eigenvalue weighted by molar-refractivity contribution is 5.94. The lowest BCUT2D eigenvalue weighted by atomic mass is 10.0. The van der Waals surface area contributed by atoms with Gasteiger partial charge < -0.3 is 15.1 Å². The Morgan fingerprint density at radius 3 is 2.48 bits per heavy atom. The normalized spacial score (nSPS) is 11.9. The lowest BCUT2D eigenvalue weighted by molar-refractivity contribution is 0.0704. The van der Waals surface area contributed by atoms with Crippen LogP contribution in [0.5, 0.6) is 5.75 Å². The quantitative estimate of drug-likeness (QED) is 0.887. The van der Waals surface area contributed by atoms with Crippen LogP contribution in [0.4, 0.5) is 0 Å². The van der Waals surface area contributed by atoms with Gasteiger partial charge in [-0.3, -0.25) is 4.79 Å². The third kappa shape index (κ3) is 3.61. The van der Waals surface area contributed by atoms with Crippen molar-refractivity contribution < 1.29 is 15.0 Å². The zero-order chi connectivity index (χ0) is 15.2. The summed E-state index contributed by atoms with van der Waals surface area (Å²) in [4.78, 5) is 14.1. The molecule has 0 aromatic heterocycles. The summed E-state index contributed by atoms with van der Waals surface area (Å²) >= 11 is 0. The fraction of sp³-hybridized carbons (Fsp3) is 0.235. The predicted molar refractivity (Wildman–Crippen MR) is 81.1 cm³/mol. The van der Waals surface area contributed by atoms with E-state index in [2.05, 4.69) is 0 Å². The summed E-state index contributed by atoms with van der Waals surface area (Å²) in [6.07, 6.45) is 0.463. The predicted octanol–water partition coefficient (Wildman–Crippen LogP) is 2.59. The Hall–Kier alpha value is -2.33. The molecule has 2 aromatic rings. The molecule has 0 aliphatic carbocycles. The first kappa shape index (κ1) is 15.1. The molecule has 0 fully saturated rings. The maximum Gasteiger partial charge on any atom is 0.254 e. The van der Waals surface area contributed by atoms with Gasteiger partial charge in [0.15, 0.2) is 0 Å². The van der Waals surface area contributed by atoms with E-state index in [1.165, 1.54) is 12.1 Å². The van der Waals surface area contributed by atoms with Gasteiger partial charge in [0.05, 0.1) is 6.04 Å². The van der Waals surface area contributed by atoms with Crippen LogP contribution in [0, 0.1) is 0 Å². The maximum atomic E-state index is 12.5. The summed E-state index contributed by atoms with van der Waals surface area (Å²) in [7, 11) is 1.71. The molecule has 21 heavy (non-hydrogen) atoms.